The maximum atomic E-state index is 11.9. The molecule has 0 bridgehead atoms. The van der Waals surface area contributed by atoms with Crippen LogP contribution >= 0.6 is 0 Å². The number of sulfonamides is 1. The van der Waals surface area contributed by atoms with Crippen molar-refractivity contribution >= 4 is 21.4 Å². The highest BCUT2D eigenvalue weighted by atomic mass is 32.2. The first-order chi connectivity index (χ1) is 7.80. The Hall–Kier alpha value is -1.31. The van der Waals surface area contributed by atoms with E-state index in [4.69, 9.17) is 10.6 Å². The number of hydrogen-bond acceptors (Lipinski definition) is 5. The van der Waals surface area contributed by atoms with Gasteiger partial charge < -0.3 is 5.73 Å². The van der Waals surface area contributed by atoms with Crippen LogP contribution in [0.4, 0.5) is 11.4 Å². The Kier molecular flexibility index (Phi) is 3.97. The molecule has 0 atom stereocenters. The van der Waals surface area contributed by atoms with Gasteiger partial charge in [0.15, 0.2) is 0 Å². The summed E-state index contributed by atoms with van der Waals surface area (Å²) in [6.07, 6.45) is 0. The van der Waals surface area contributed by atoms with Crippen molar-refractivity contribution in [1.82, 2.24) is 4.31 Å². The van der Waals surface area contributed by atoms with E-state index >= 15 is 0 Å². The smallest absolute Gasteiger partial charge is 0.242 e. The maximum absolute atomic E-state index is 11.9. The first-order valence-electron chi connectivity index (χ1n) is 4.90. The average Bonchev–Trinajstić information content (AvgIpc) is 2.27. The summed E-state index contributed by atoms with van der Waals surface area (Å²) in [7, 11) is 2.68. The lowest BCUT2D eigenvalue weighted by Gasteiger charge is -2.19. The zero-order valence-electron chi connectivity index (χ0n) is 10.3. The number of rotatable bonds is 4. The number of nitrogens with two attached hydrogens (primary N) is 1. The molecule has 0 heterocycles. The highest BCUT2D eigenvalue weighted by Gasteiger charge is 2.18. The number of benzene rings is 1. The van der Waals surface area contributed by atoms with Gasteiger partial charge in [-0.1, -0.05) is 0 Å². The molecule has 0 amide bonds. The molecular formula is C10H17N3O3S. The number of hydroxylamine groups is 1. The SMILES string of the molecule is CON(C)c1ccc(S(=O)(=O)N(C)C)cc1N. The lowest BCUT2D eigenvalue weighted by atomic mass is 10.3. The zero-order valence-corrected chi connectivity index (χ0v) is 11.2. The minimum Gasteiger partial charge on any atom is -0.397 e. The number of nitrogen functional groups attached to an aromatic ring is 1. The molecule has 17 heavy (non-hydrogen) atoms. The van der Waals surface area contributed by atoms with E-state index in [1.54, 1.807) is 13.1 Å². The zero-order chi connectivity index (χ0) is 13.2. The normalized spacial score (nSPS) is 11.8. The third-order valence-corrected chi connectivity index (χ3v) is 4.20. The van der Waals surface area contributed by atoms with Gasteiger partial charge in [-0.05, 0) is 18.2 Å². The summed E-state index contributed by atoms with van der Waals surface area (Å²) in [5.41, 5.74) is 6.75. The van der Waals surface area contributed by atoms with E-state index in [-0.39, 0.29) is 4.90 Å². The Morgan fingerprint density at radius 1 is 1.24 bits per heavy atom. The van der Waals surface area contributed by atoms with Crippen molar-refractivity contribution in [2.45, 2.75) is 4.90 Å². The topological polar surface area (TPSA) is 75.9 Å². The molecule has 1 rings (SSSR count). The Balaban J connectivity index is 3.23. The lowest BCUT2D eigenvalue weighted by molar-refractivity contribution is 0.185. The van der Waals surface area contributed by atoms with Gasteiger partial charge in [0.1, 0.15) is 0 Å². The van der Waals surface area contributed by atoms with Crippen molar-refractivity contribution in [2.75, 3.05) is 39.0 Å². The number of hydrogen-bond donors (Lipinski definition) is 1. The maximum Gasteiger partial charge on any atom is 0.242 e. The van der Waals surface area contributed by atoms with Crippen LogP contribution in [0.2, 0.25) is 0 Å². The fraction of sp³-hybridized carbons (Fsp3) is 0.400. The molecule has 1 aromatic rings. The monoisotopic (exact) mass is 259 g/mol. The van der Waals surface area contributed by atoms with Gasteiger partial charge in [-0.3, -0.25) is 9.90 Å². The van der Waals surface area contributed by atoms with Crippen LogP contribution in [0.5, 0.6) is 0 Å². The molecule has 0 unspecified atom stereocenters. The van der Waals surface area contributed by atoms with Gasteiger partial charge in [-0.15, -0.1) is 0 Å². The molecule has 0 spiro atoms. The van der Waals surface area contributed by atoms with E-state index in [1.165, 1.54) is 38.4 Å². The quantitative estimate of drug-likeness (QED) is 0.630. The van der Waals surface area contributed by atoms with Crippen LogP contribution < -0.4 is 10.8 Å². The van der Waals surface area contributed by atoms with E-state index in [0.29, 0.717) is 11.4 Å². The number of nitrogens with zero attached hydrogens (tertiary/aromatic N) is 2. The molecule has 0 aliphatic heterocycles. The van der Waals surface area contributed by atoms with Crippen molar-refractivity contribution in [2.24, 2.45) is 0 Å². The molecule has 96 valence electrons. The van der Waals surface area contributed by atoms with Gasteiger partial charge in [-0.2, -0.15) is 0 Å². The Morgan fingerprint density at radius 3 is 2.24 bits per heavy atom. The van der Waals surface area contributed by atoms with Crippen LogP contribution in [-0.4, -0.2) is 41.0 Å². The molecule has 0 saturated heterocycles. The molecule has 0 fully saturated rings. The number of anilines is 2. The van der Waals surface area contributed by atoms with Crippen molar-refractivity contribution in [3.05, 3.63) is 18.2 Å². The average molecular weight is 259 g/mol. The van der Waals surface area contributed by atoms with Crippen LogP contribution in [0.1, 0.15) is 0 Å². The van der Waals surface area contributed by atoms with E-state index < -0.39 is 10.0 Å². The Morgan fingerprint density at radius 2 is 1.82 bits per heavy atom. The summed E-state index contributed by atoms with van der Waals surface area (Å²) < 4.78 is 24.9. The molecule has 6 nitrogen and oxygen atoms in total. The van der Waals surface area contributed by atoms with Gasteiger partial charge in [0, 0.05) is 21.1 Å². The molecular weight excluding hydrogens is 242 g/mol. The van der Waals surface area contributed by atoms with Crippen LogP contribution in [0.3, 0.4) is 0 Å². The van der Waals surface area contributed by atoms with Crippen LogP contribution in [-0.2, 0) is 14.9 Å². The second-order valence-electron chi connectivity index (χ2n) is 3.69. The summed E-state index contributed by atoms with van der Waals surface area (Å²) in [6.45, 7) is 0. The van der Waals surface area contributed by atoms with Crippen LogP contribution in [0.15, 0.2) is 23.1 Å². The molecule has 2 N–H and O–H groups in total. The third kappa shape index (κ3) is 2.68. The molecule has 7 heteroatoms. The van der Waals surface area contributed by atoms with E-state index in [2.05, 4.69) is 0 Å². The first-order valence-corrected chi connectivity index (χ1v) is 6.34. The van der Waals surface area contributed by atoms with Gasteiger partial charge in [0.2, 0.25) is 10.0 Å². The largest absolute Gasteiger partial charge is 0.397 e. The van der Waals surface area contributed by atoms with Crippen molar-refractivity contribution < 1.29 is 13.3 Å². The Labute approximate surface area is 102 Å². The fourth-order valence-corrected chi connectivity index (χ4v) is 2.23. The third-order valence-electron chi connectivity index (χ3n) is 2.39. The molecule has 0 saturated carbocycles. The second kappa shape index (κ2) is 4.91. The highest BCUT2D eigenvalue weighted by molar-refractivity contribution is 7.89. The van der Waals surface area contributed by atoms with Crippen LogP contribution in [0, 0.1) is 0 Å². The van der Waals surface area contributed by atoms with Gasteiger partial charge in [0.25, 0.3) is 0 Å². The standard InChI is InChI=1S/C10H17N3O3S/c1-12(2)17(14,15)8-5-6-10(9(11)7-8)13(3)16-4/h5-7H,11H2,1-4H3. The van der Waals surface area contributed by atoms with Crippen LogP contribution in [0.25, 0.3) is 0 Å². The van der Waals surface area contributed by atoms with Gasteiger partial charge >= 0.3 is 0 Å². The van der Waals surface area contributed by atoms with E-state index in [1.807, 2.05) is 0 Å². The predicted molar refractivity (Wildman–Crippen MR) is 67.1 cm³/mol. The molecule has 1 aromatic carbocycles. The first kappa shape index (κ1) is 13.8. The summed E-state index contributed by atoms with van der Waals surface area (Å²) in [6, 6.07) is 4.52. The highest BCUT2D eigenvalue weighted by Crippen LogP contribution is 2.26. The molecule has 0 aromatic heterocycles. The fourth-order valence-electron chi connectivity index (χ4n) is 1.29. The molecule has 0 aliphatic rings. The summed E-state index contributed by atoms with van der Waals surface area (Å²) in [5, 5.41) is 1.46. The molecule has 0 radical (unpaired) electrons. The van der Waals surface area contributed by atoms with Gasteiger partial charge in [-0.25, -0.2) is 12.7 Å². The summed E-state index contributed by atoms with van der Waals surface area (Å²) in [4.78, 5) is 5.14. The molecule has 0 aliphatic carbocycles. The summed E-state index contributed by atoms with van der Waals surface area (Å²) >= 11 is 0. The van der Waals surface area contributed by atoms with E-state index in [9.17, 15) is 8.42 Å². The van der Waals surface area contributed by atoms with Gasteiger partial charge in [0.05, 0.1) is 23.4 Å². The van der Waals surface area contributed by atoms with Crippen molar-refractivity contribution in [3.8, 4) is 0 Å². The summed E-state index contributed by atoms with van der Waals surface area (Å²) in [5.74, 6) is 0. The lowest BCUT2D eigenvalue weighted by Crippen LogP contribution is -2.23. The minimum absolute atomic E-state index is 0.160. The predicted octanol–water partition coefficient (Wildman–Crippen LogP) is 0.517. The Bertz CT molecular complexity index is 500. The van der Waals surface area contributed by atoms with E-state index in [0.717, 1.165) is 4.31 Å². The van der Waals surface area contributed by atoms with Crippen molar-refractivity contribution in [3.63, 3.8) is 0 Å². The van der Waals surface area contributed by atoms with Crippen molar-refractivity contribution in [1.29, 1.82) is 0 Å². The second-order valence-corrected chi connectivity index (χ2v) is 5.84. The minimum atomic E-state index is -3.45.